The van der Waals surface area contributed by atoms with E-state index >= 15 is 0 Å². The number of rotatable bonds is 8. The van der Waals surface area contributed by atoms with Crippen LogP contribution in [-0.4, -0.2) is 28.8 Å². The summed E-state index contributed by atoms with van der Waals surface area (Å²) in [7, 11) is 0. The second-order valence-electron chi connectivity index (χ2n) is 6.46. The highest BCUT2D eigenvalue weighted by atomic mass is 19.1. The number of carbonyl (C=O) groups excluding carboxylic acids is 1. The fraction of sp³-hybridized carbons (Fsp3) is 0.182. The summed E-state index contributed by atoms with van der Waals surface area (Å²) in [6, 6.07) is 18.1. The number of aliphatic hydroxyl groups is 1. The molecule has 2 aromatic carbocycles. The molecule has 0 saturated carbocycles. The van der Waals surface area contributed by atoms with Gasteiger partial charge < -0.3 is 20.5 Å². The maximum atomic E-state index is 13.2. The zero-order chi connectivity index (χ0) is 20.5. The normalized spacial score (nSPS) is 11.5. The average Bonchev–Trinajstić information content (AvgIpc) is 2.73. The van der Waals surface area contributed by atoms with E-state index in [-0.39, 0.29) is 31.0 Å². The average molecular weight is 395 g/mol. The molecule has 6 nitrogen and oxygen atoms in total. The summed E-state index contributed by atoms with van der Waals surface area (Å²) in [6.07, 6.45) is 2.11. The summed E-state index contributed by atoms with van der Waals surface area (Å²) in [5, 5.41) is 15.0. The van der Waals surface area contributed by atoms with E-state index in [1.807, 2.05) is 30.3 Å². The number of pyridine rings is 1. The highest BCUT2D eigenvalue weighted by Gasteiger charge is 2.12. The number of ether oxygens (including phenoxy) is 1. The predicted octanol–water partition coefficient (Wildman–Crippen LogP) is 3.42. The van der Waals surface area contributed by atoms with Crippen LogP contribution in [0.4, 0.5) is 9.18 Å². The highest BCUT2D eigenvalue weighted by Crippen LogP contribution is 2.19. The molecule has 0 aliphatic carbocycles. The molecule has 2 amide bonds. The Hall–Kier alpha value is -3.45. The van der Waals surface area contributed by atoms with E-state index in [0.717, 1.165) is 11.1 Å². The fourth-order valence-electron chi connectivity index (χ4n) is 2.71. The Labute approximate surface area is 168 Å². The molecule has 0 bridgehead atoms. The lowest BCUT2D eigenvalue weighted by molar-refractivity contribution is 0.215. The first-order valence-corrected chi connectivity index (χ1v) is 9.20. The fourth-order valence-corrected chi connectivity index (χ4v) is 2.71. The Morgan fingerprint density at radius 1 is 1.07 bits per heavy atom. The van der Waals surface area contributed by atoms with Crippen LogP contribution >= 0.6 is 0 Å². The molecule has 1 aromatic heterocycles. The van der Waals surface area contributed by atoms with Crippen LogP contribution in [0, 0.1) is 5.82 Å². The summed E-state index contributed by atoms with van der Waals surface area (Å²) < 4.78 is 18.7. The van der Waals surface area contributed by atoms with Crippen LogP contribution < -0.4 is 15.4 Å². The number of urea groups is 1. The van der Waals surface area contributed by atoms with Crippen LogP contribution in [0.2, 0.25) is 0 Å². The van der Waals surface area contributed by atoms with Crippen molar-refractivity contribution in [3.8, 4) is 11.6 Å². The first-order chi connectivity index (χ1) is 14.1. The van der Waals surface area contributed by atoms with Gasteiger partial charge in [-0.25, -0.2) is 14.2 Å². The molecule has 0 fully saturated rings. The smallest absolute Gasteiger partial charge is 0.315 e. The van der Waals surface area contributed by atoms with Crippen molar-refractivity contribution >= 4 is 6.03 Å². The van der Waals surface area contributed by atoms with Crippen LogP contribution in [0.25, 0.3) is 0 Å². The van der Waals surface area contributed by atoms with Gasteiger partial charge >= 0.3 is 6.03 Å². The summed E-state index contributed by atoms with van der Waals surface area (Å²) in [6.45, 7) is 0.110. The van der Waals surface area contributed by atoms with Gasteiger partial charge in [0.25, 0.3) is 0 Å². The summed E-state index contributed by atoms with van der Waals surface area (Å²) in [5.41, 5.74) is 1.81. The molecule has 3 aromatic rings. The van der Waals surface area contributed by atoms with E-state index in [1.54, 1.807) is 30.5 Å². The van der Waals surface area contributed by atoms with Crippen molar-refractivity contribution in [2.24, 2.45) is 0 Å². The SMILES string of the molecule is O=C(NCc1ccc(Oc2cccc(F)c2)nc1)N[C@@H](CO)Cc1ccccc1. The lowest BCUT2D eigenvalue weighted by Gasteiger charge is -2.17. The van der Waals surface area contributed by atoms with Gasteiger partial charge in [0.2, 0.25) is 5.88 Å². The molecular weight excluding hydrogens is 373 g/mol. The van der Waals surface area contributed by atoms with Gasteiger partial charge in [0, 0.05) is 24.9 Å². The van der Waals surface area contributed by atoms with Crippen molar-refractivity contribution in [3.63, 3.8) is 0 Å². The molecule has 29 heavy (non-hydrogen) atoms. The number of amides is 2. The van der Waals surface area contributed by atoms with Crippen molar-refractivity contribution < 1.29 is 19.0 Å². The minimum atomic E-state index is -0.386. The monoisotopic (exact) mass is 395 g/mol. The van der Waals surface area contributed by atoms with Gasteiger partial charge in [-0.05, 0) is 29.7 Å². The number of benzene rings is 2. The molecule has 0 aliphatic rings. The van der Waals surface area contributed by atoms with E-state index in [2.05, 4.69) is 15.6 Å². The lowest BCUT2D eigenvalue weighted by atomic mass is 10.1. The maximum Gasteiger partial charge on any atom is 0.315 e. The Bertz CT molecular complexity index is 920. The van der Waals surface area contributed by atoms with Gasteiger partial charge in [0.15, 0.2) is 0 Å². The van der Waals surface area contributed by atoms with Gasteiger partial charge in [0.1, 0.15) is 11.6 Å². The maximum absolute atomic E-state index is 13.2. The number of nitrogens with zero attached hydrogens (tertiary/aromatic N) is 1. The van der Waals surface area contributed by atoms with Gasteiger partial charge in [-0.1, -0.05) is 42.5 Å². The number of aromatic nitrogens is 1. The first-order valence-electron chi connectivity index (χ1n) is 9.20. The topological polar surface area (TPSA) is 83.5 Å². The number of nitrogens with one attached hydrogen (secondary N) is 2. The number of carbonyl (C=O) groups is 1. The van der Waals surface area contributed by atoms with Gasteiger partial charge in [0.05, 0.1) is 12.6 Å². The molecule has 0 saturated heterocycles. The van der Waals surface area contributed by atoms with Crippen molar-refractivity contribution in [3.05, 3.63) is 89.9 Å². The standard InChI is InChI=1S/C22H22FN3O3/c23-18-7-4-8-20(12-18)29-21-10-9-17(13-24-21)14-25-22(28)26-19(15-27)11-16-5-2-1-3-6-16/h1-10,12-13,19,27H,11,14-15H2,(H2,25,26,28)/t19-/m1/s1. The Morgan fingerprint density at radius 3 is 2.59 bits per heavy atom. The number of hydrogen-bond acceptors (Lipinski definition) is 4. The van der Waals surface area contributed by atoms with Crippen molar-refractivity contribution in [1.29, 1.82) is 0 Å². The molecule has 7 heteroatoms. The molecule has 1 heterocycles. The molecule has 150 valence electrons. The van der Waals surface area contributed by atoms with E-state index < -0.39 is 0 Å². The number of hydrogen-bond donors (Lipinski definition) is 3. The zero-order valence-electron chi connectivity index (χ0n) is 15.7. The zero-order valence-corrected chi connectivity index (χ0v) is 15.7. The minimum absolute atomic E-state index is 0.157. The molecular formula is C22H22FN3O3. The van der Waals surface area contributed by atoms with Gasteiger partial charge in [-0.3, -0.25) is 0 Å². The second-order valence-corrected chi connectivity index (χ2v) is 6.46. The summed E-state index contributed by atoms with van der Waals surface area (Å²) >= 11 is 0. The van der Waals surface area contributed by atoms with Crippen LogP contribution in [0.15, 0.2) is 72.9 Å². The van der Waals surface area contributed by atoms with E-state index in [4.69, 9.17) is 4.74 Å². The Balaban J connectivity index is 1.47. The van der Waals surface area contributed by atoms with Crippen LogP contribution in [0.5, 0.6) is 11.6 Å². The lowest BCUT2D eigenvalue weighted by Crippen LogP contribution is -2.44. The quantitative estimate of drug-likeness (QED) is 0.546. The number of aliphatic hydroxyl groups excluding tert-OH is 1. The molecule has 0 radical (unpaired) electrons. The molecule has 0 aliphatic heterocycles. The third kappa shape index (κ3) is 6.58. The third-order valence-electron chi connectivity index (χ3n) is 4.15. The Morgan fingerprint density at radius 2 is 1.90 bits per heavy atom. The number of halogens is 1. The highest BCUT2D eigenvalue weighted by molar-refractivity contribution is 5.74. The Kier molecular flexibility index (Phi) is 7.13. The minimum Gasteiger partial charge on any atom is -0.439 e. The summed E-state index contributed by atoms with van der Waals surface area (Å²) in [5.74, 6) is 0.297. The van der Waals surface area contributed by atoms with Crippen LogP contribution in [0.3, 0.4) is 0 Å². The van der Waals surface area contributed by atoms with Gasteiger partial charge in [-0.2, -0.15) is 0 Å². The third-order valence-corrected chi connectivity index (χ3v) is 4.15. The predicted molar refractivity (Wildman–Crippen MR) is 107 cm³/mol. The summed E-state index contributed by atoms with van der Waals surface area (Å²) in [4.78, 5) is 16.3. The molecule has 3 N–H and O–H groups in total. The van der Waals surface area contributed by atoms with Crippen molar-refractivity contribution in [2.75, 3.05) is 6.61 Å². The first kappa shape index (κ1) is 20.3. The van der Waals surface area contributed by atoms with E-state index in [9.17, 15) is 14.3 Å². The van der Waals surface area contributed by atoms with E-state index in [0.29, 0.717) is 18.1 Å². The van der Waals surface area contributed by atoms with Crippen molar-refractivity contribution in [1.82, 2.24) is 15.6 Å². The largest absolute Gasteiger partial charge is 0.439 e. The van der Waals surface area contributed by atoms with Crippen LogP contribution in [-0.2, 0) is 13.0 Å². The van der Waals surface area contributed by atoms with Gasteiger partial charge in [-0.15, -0.1) is 0 Å². The second kappa shape index (κ2) is 10.2. The van der Waals surface area contributed by atoms with Crippen molar-refractivity contribution in [2.45, 2.75) is 19.0 Å². The molecule has 0 unspecified atom stereocenters. The molecule has 3 rings (SSSR count). The molecule has 0 spiro atoms. The van der Waals surface area contributed by atoms with Crippen LogP contribution in [0.1, 0.15) is 11.1 Å². The van der Waals surface area contributed by atoms with E-state index in [1.165, 1.54) is 12.1 Å². The molecule has 1 atom stereocenters.